The van der Waals surface area contributed by atoms with Crippen LogP contribution in [0, 0.1) is 5.82 Å². The normalized spacial score (nSPS) is 12.2. The van der Waals surface area contributed by atoms with Crippen molar-refractivity contribution in [3.63, 3.8) is 0 Å². The standard InChI is InChI=1S/C15H14BrFO2/c1-10(18)11-2-5-14(6-3-11)19-9-12-8-13(16)4-7-15(12)17/h2-8,10,18H,9H2,1H3/t10-/m0/s1. The van der Waals surface area contributed by atoms with Gasteiger partial charge in [0.1, 0.15) is 18.2 Å². The average molecular weight is 325 g/mol. The maximum absolute atomic E-state index is 13.5. The van der Waals surface area contributed by atoms with Crippen LogP contribution < -0.4 is 4.74 Å². The van der Waals surface area contributed by atoms with Crippen LogP contribution in [0.1, 0.15) is 24.2 Å². The SMILES string of the molecule is C[C@H](O)c1ccc(OCc2cc(Br)ccc2F)cc1. The van der Waals surface area contributed by atoms with E-state index >= 15 is 0 Å². The Bertz CT molecular complexity index is 553. The smallest absolute Gasteiger partial charge is 0.129 e. The molecule has 0 amide bonds. The van der Waals surface area contributed by atoms with Crippen LogP contribution in [-0.2, 0) is 6.61 Å². The molecule has 0 heterocycles. The van der Waals surface area contributed by atoms with Gasteiger partial charge in [0, 0.05) is 10.0 Å². The van der Waals surface area contributed by atoms with Crippen LogP contribution in [0.15, 0.2) is 46.9 Å². The fourth-order valence-electron chi connectivity index (χ4n) is 1.66. The lowest BCUT2D eigenvalue weighted by molar-refractivity contribution is 0.199. The number of rotatable bonds is 4. The Hall–Kier alpha value is -1.39. The first-order valence-electron chi connectivity index (χ1n) is 5.91. The van der Waals surface area contributed by atoms with Gasteiger partial charge in [-0.25, -0.2) is 4.39 Å². The van der Waals surface area contributed by atoms with Gasteiger partial charge in [0.2, 0.25) is 0 Å². The molecule has 2 nitrogen and oxygen atoms in total. The van der Waals surface area contributed by atoms with E-state index < -0.39 is 6.10 Å². The Morgan fingerprint density at radius 1 is 1.21 bits per heavy atom. The van der Waals surface area contributed by atoms with Crippen molar-refractivity contribution in [3.05, 3.63) is 63.9 Å². The minimum atomic E-state index is -0.503. The summed E-state index contributed by atoms with van der Waals surface area (Å²) in [5, 5.41) is 9.39. The van der Waals surface area contributed by atoms with Crippen LogP contribution in [0.5, 0.6) is 5.75 Å². The van der Waals surface area contributed by atoms with Gasteiger partial charge in [-0.15, -0.1) is 0 Å². The molecule has 19 heavy (non-hydrogen) atoms. The van der Waals surface area contributed by atoms with Gasteiger partial charge in [0.25, 0.3) is 0 Å². The second kappa shape index (κ2) is 6.17. The Kier molecular flexibility index (Phi) is 4.56. The van der Waals surface area contributed by atoms with Crippen molar-refractivity contribution in [1.82, 2.24) is 0 Å². The average Bonchev–Trinajstić information content (AvgIpc) is 2.40. The minimum absolute atomic E-state index is 0.166. The van der Waals surface area contributed by atoms with Crippen molar-refractivity contribution in [1.29, 1.82) is 0 Å². The zero-order valence-electron chi connectivity index (χ0n) is 10.4. The van der Waals surface area contributed by atoms with Crippen molar-refractivity contribution >= 4 is 15.9 Å². The first-order chi connectivity index (χ1) is 9.06. The first kappa shape index (κ1) is 14.0. The molecule has 0 saturated carbocycles. The largest absolute Gasteiger partial charge is 0.489 e. The number of ether oxygens (including phenoxy) is 1. The van der Waals surface area contributed by atoms with Crippen molar-refractivity contribution in [2.45, 2.75) is 19.6 Å². The molecule has 2 rings (SSSR count). The molecule has 0 aliphatic heterocycles. The highest BCUT2D eigenvalue weighted by Crippen LogP contribution is 2.20. The molecule has 0 unspecified atom stereocenters. The molecule has 2 aromatic carbocycles. The molecule has 0 spiro atoms. The molecule has 2 aromatic rings. The molecule has 1 atom stereocenters. The van der Waals surface area contributed by atoms with E-state index in [0.29, 0.717) is 11.3 Å². The van der Waals surface area contributed by atoms with Gasteiger partial charge >= 0.3 is 0 Å². The van der Waals surface area contributed by atoms with E-state index in [0.717, 1.165) is 10.0 Å². The second-order valence-electron chi connectivity index (χ2n) is 4.27. The lowest BCUT2D eigenvalue weighted by Crippen LogP contribution is -1.99. The highest BCUT2D eigenvalue weighted by atomic mass is 79.9. The highest BCUT2D eigenvalue weighted by Gasteiger charge is 2.05. The molecule has 0 aliphatic carbocycles. The number of benzene rings is 2. The lowest BCUT2D eigenvalue weighted by Gasteiger charge is -2.09. The fourth-order valence-corrected chi connectivity index (χ4v) is 2.07. The van der Waals surface area contributed by atoms with Gasteiger partial charge in [0.05, 0.1) is 6.10 Å². The van der Waals surface area contributed by atoms with E-state index in [1.165, 1.54) is 6.07 Å². The van der Waals surface area contributed by atoms with Crippen LogP contribution in [0.25, 0.3) is 0 Å². The van der Waals surface area contributed by atoms with Gasteiger partial charge < -0.3 is 9.84 Å². The Labute approximate surface area is 120 Å². The third-order valence-corrected chi connectivity index (χ3v) is 3.26. The minimum Gasteiger partial charge on any atom is -0.489 e. The number of hydrogen-bond donors (Lipinski definition) is 1. The number of hydrogen-bond acceptors (Lipinski definition) is 2. The predicted molar refractivity (Wildman–Crippen MR) is 75.5 cm³/mol. The van der Waals surface area contributed by atoms with E-state index in [4.69, 9.17) is 4.74 Å². The Morgan fingerprint density at radius 2 is 1.89 bits per heavy atom. The molecule has 4 heteroatoms. The van der Waals surface area contributed by atoms with Gasteiger partial charge in [0.15, 0.2) is 0 Å². The van der Waals surface area contributed by atoms with Crippen LogP contribution in [0.4, 0.5) is 4.39 Å². The summed E-state index contributed by atoms with van der Waals surface area (Å²) in [6, 6.07) is 11.8. The van der Waals surface area contributed by atoms with Crippen LogP contribution in [-0.4, -0.2) is 5.11 Å². The van der Waals surface area contributed by atoms with Crippen molar-refractivity contribution in [2.75, 3.05) is 0 Å². The molecule has 1 N–H and O–H groups in total. The maximum atomic E-state index is 13.5. The number of halogens is 2. The fraction of sp³-hybridized carbons (Fsp3) is 0.200. The second-order valence-corrected chi connectivity index (χ2v) is 5.19. The summed E-state index contributed by atoms with van der Waals surface area (Å²) in [6.45, 7) is 1.87. The van der Waals surface area contributed by atoms with Crippen molar-refractivity contribution < 1.29 is 14.2 Å². The summed E-state index contributed by atoms with van der Waals surface area (Å²) in [4.78, 5) is 0. The summed E-state index contributed by atoms with van der Waals surface area (Å²) >= 11 is 3.30. The van der Waals surface area contributed by atoms with Gasteiger partial charge in [-0.05, 0) is 42.8 Å². The van der Waals surface area contributed by atoms with Crippen LogP contribution in [0.3, 0.4) is 0 Å². The lowest BCUT2D eigenvalue weighted by atomic mass is 10.1. The van der Waals surface area contributed by atoms with E-state index in [-0.39, 0.29) is 12.4 Å². The first-order valence-corrected chi connectivity index (χ1v) is 6.70. The molecule has 100 valence electrons. The molecule has 0 bridgehead atoms. The Balaban J connectivity index is 2.04. The van der Waals surface area contributed by atoms with Crippen LogP contribution >= 0.6 is 15.9 Å². The van der Waals surface area contributed by atoms with Crippen molar-refractivity contribution in [2.24, 2.45) is 0 Å². The predicted octanol–water partition coefficient (Wildman–Crippen LogP) is 4.22. The zero-order chi connectivity index (χ0) is 13.8. The van der Waals surface area contributed by atoms with E-state index in [9.17, 15) is 9.50 Å². The molecular formula is C15H14BrFO2. The van der Waals surface area contributed by atoms with Gasteiger partial charge in [-0.3, -0.25) is 0 Å². The number of aliphatic hydroxyl groups excluding tert-OH is 1. The monoisotopic (exact) mass is 324 g/mol. The third kappa shape index (κ3) is 3.78. The van der Waals surface area contributed by atoms with Gasteiger partial charge in [-0.1, -0.05) is 28.1 Å². The third-order valence-electron chi connectivity index (χ3n) is 2.76. The van der Waals surface area contributed by atoms with Crippen molar-refractivity contribution in [3.8, 4) is 5.75 Å². The quantitative estimate of drug-likeness (QED) is 0.912. The maximum Gasteiger partial charge on any atom is 0.129 e. The van der Waals surface area contributed by atoms with E-state index in [1.807, 2.05) is 0 Å². The van der Waals surface area contributed by atoms with Gasteiger partial charge in [-0.2, -0.15) is 0 Å². The molecular weight excluding hydrogens is 311 g/mol. The summed E-state index contributed by atoms with van der Waals surface area (Å²) in [6.07, 6.45) is -0.503. The van der Waals surface area contributed by atoms with Crippen LogP contribution in [0.2, 0.25) is 0 Å². The summed E-state index contributed by atoms with van der Waals surface area (Å²) < 4.78 is 19.8. The summed E-state index contributed by atoms with van der Waals surface area (Å²) in [5.74, 6) is 0.354. The highest BCUT2D eigenvalue weighted by molar-refractivity contribution is 9.10. The molecule has 0 aliphatic rings. The summed E-state index contributed by atoms with van der Waals surface area (Å²) in [7, 11) is 0. The number of aliphatic hydroxyl groups is 1. The molecule has 0 radical (unpaired) electrons. The topological polar surface area (TPSA) is 29.5 Å². The summed E-state index contributed by atoms with van der Waals surface area (Å²) in [5.41, 5.74) is 1.31. The molecule has 0 saturated heterocycles. The van der Waals surface area contributed by atoms with E-state index in [2.05, 4.69) is 15.9 Å². The zero-order valence-corrected chi connectivity index (χ0v) is 12.0. The molecule has 0 aromatic heterocycles. The Morgan fingerprint density at radius 3 is 2.53 bits per heavy atom. The molecule has 0 fully saturated rings. The van der Waals surface area contributed by atoms with E-state index in [1.54, 1.807) is 43.3 Å².